The second-order valence-corrected chi connectivity index (χ2v) is 7.96. The van der Waals surface area contributed by atoms with Crippen molar-refractivity contribution in [2.24, 2.45) is 5.92 Å². The summed E-state index contributed by atoms with van der Waals surface area (Å²) in [5.74, 6) is 0.592. The monoisotopic (exact) mass is 296 g/mol. The lowest BCUT2D eigenvalue weighted by molar-refractivity contribution is 0.239. The van der Waals surface area contributed by atoms with Crippen molar-refractivity contribution in [3.63, 3.8) is 0 Å². The number of aryl methyl sites for hydroxylation is 1. The zero-order valence-corrected chi connectivity index (χ0v) is 13.3. The molecule has 2 atom stereocenters. The highest BCUT2D eigenvalue weighted by atomic mass is 32.2. The minimum absolute atomic E-state index is 0.103. The molecule has 0 radical (unpaired) electrons. The van der Waals surface area contributed by atoms with E-state index >= 15 is 0 Å². The van der Waals surface area contributed by atoms with Gasteiger partial charge in [0.1, 0.15) is 0 Å². The first kappa shape index (κ1) is 15.3. The first-order valence-electron chi connectivity index (χ1n) is 7.16. The number of benzene rings is 1. The quantitative estimate of drug-likeness (QED) is 0.872. The third kappa shape index (κ3) is 2.99. The molecular formula is C15H24N2O2S. The summed E-state index contributed by atoms with van der Waals surface area (Å²) >= 11 is 0. The molecule has 2 rings (SSSR count). The Morgan fingerprint density at radius 2 is 2.00 bits per heavy atom. The largest absolute Gasteiger partial charge is 0.398 e. The van der Waals surface area contributed by atoms with Crippen molar-refractivity contribution in [1.82, 2.24) is 4.31 Å². The fourth-order valence-corrected chi connectivity index (χ4v) is 4.31. The minimum Gasteiger partial charge on any atom is -0.398 e. The molecule has 0 heterocycles. The molecule has 112 valence electrons. The molecule has 0 aromatic heterocycles. The van der Waals surface area contributed by atoms with E-state index in [0.717, 1.165) is 24.8 Å². The second-order valence-electron chi connectivity index (χ2n) is 5.97. The van der Waals surface area contributed by atoms with Gasteiger partial charge < -0.3 is 5.73 Å². The lowest BCUT2D eigenvalue weighted by atomic mass is 9.87. The molecule has 1 saturated carbocycles. The van der Waals surface area contributed by atoms with Gasteiger partial charge >= 0.3 is 0 Å². The topological polar surface area (TPSA) is 63.4 Å². The highest BCUT2D eigenvalue weighted by Crippen LogP contribution is 2.30. The van der Waals surface area contributed by atoms with Gasteiger partial charge in [-0.05, 0) is 43.4 Å². The second kappa shape index (κ2) is 5.74. The van der Waals surface area contributed by atoms with Crippen LogP contribution in [0, 0.1) is 12.8 Å². The molecule has 5 heteroatoms. The van der Waals surface area contributed by atoms with Crippen LogP contribution in [0.4, 0.5) is 5.69 Å². The van der Waals surface area contributed by atoms with E-state index in [4.69, 9.17) is 5.73 Å². The van der Waals surface area contributed by atoms with E-state index in [0.29, 0.717) is 16.5 Å². The summed E-state index contributed by atoms with van der Waals surface area (Å²) in [7, 11) is -1.76. The van der Waals surface area contributed by atoms with E-state index in [9.17, 15) is 8.42 Å². The summed E-state index contributed by atoms with van der Waals surface area (Å²) in [6.07, 6.45) is 4.18. The van der Waals surface area contributed by atoms with Crippen molar-refractivity contribution in [2.45, 2.75) is 50.5 Å². The predicted octanol–water partition coefficient (Wildman–Crippen LogP) is 2.78. The van der Waals surface area contributed by atoms with Crippen molar-refractivity contribution in [3.8, 4) is 0 Å². The molecular weight excluding hydrogens is 272 g/mol. The number of nitrogens with two attached hydrogens (primary N) is 1. The summed E-state index contributed by atoms with van der Waals surface area (Å²) < 4.78 is 26.9. The van der Waals surface area contributed by atoms with Gasteiger partial charge in [-0.1, -0.05) is 25.8 Å². The molecule has 0 saturated heterocycles. The summed E-state index contributed by atoms with van der Waals surface area (Å²) in [6, 6.07) is 5.07. The molecule has 1 aromatic rings. The van der Waals surface area contributed by atoms with Crippen molar-refractivity contribution in [2.75, 3.05) is 12.8 Å². The van der Waals surface area contributed by atoms with Gasteiger partial charge in [-0.25, -0.2) is 8.42 Å². The predicted molar refractivity (Wildman–Crippen MR) is 82.0 cm³/mol. The van der Waals surface area contributed by atoms with Crippen LogP contribution in [0.15, 0.2) is 23.1 Å². The van der Waals surface area contributed by atoms with Crippen LogP contribution in [-0.2, 0) is 10.0 Å². The molecule has 4 nitrogen and oxygen atoms in total. The Balaban J connectivity index is 2.26. The summed E-state index contributed by atoms with van der Waals surface area (Å²) in [4.78, 5) is 0.293. The Kier molecular flexibility index (Phi) is 4.39. The van der Waals surface area contributed by atoms with E-state index in [2.05, 4.69) is 6.92 Å². The maximum Gasteiger partial charge on any atom is 0.243 e. The zero-order valence-electron chi connectivity index (χ0n) is 12.5. The van der Waals surface area contributed by atoms with Crippen LogP contribution < -0.4 is 5.73 Å². The van der Waals surface area contributed by atoms with Crippen LogP contribution in [-0.4, -0.2) is 25.8 Å². The van der Waals surface area contributed by atoms with Gasteiger partial charge in [0.05, 0.1) is 4.90 Å². The van der Waals surface area contributed by atoms with E-state index in [1.54, 1.807) is 25.2 Å². The molecule has 1 aromatic carbocycles. The molecule has 0 bridgehead atoms. The highest BCUT2D eigenvalue weighted by Gasteiger charge is 2.31. The summed E-state index contributed by atoms with van der Waals surface area (Å²) in [6.45, 7) is 4.06. The van der Waals surface area contributed by atoms with Crippen molar-refractivity contribution < 1.29 is 8.42 Å². The number of nitrogens with zero attached hydrogens (tertiary/aromatic N) is 1. The summed E-state index contributed by atoms with van der Waals surface area (Å²) in [5, 5.41) is 0. The third-order valence-corrected chi connectivity index (χ3v) is 6.26. The van der Waals surface area contributed by atoms with Crippen LogP contribution in [0.2, 0.25) is 0 Å². The number of rotatable bonds is 3. The Hall–Kier alpha value is -1.07. The maximum atomic E-state index is 12.7. The third-order valence-electron chi connectivity index (χ3n) is 4.35. The van der Waals surface area contributed by atoms with Crippen LogP contribution in [0.25, 0.3) is 0 Å². The highest BCUT2D eigenvalue weighted by molar-refractivity contribution is 7.89. The average molecular weight is 296 g/mol. The van der Waals surface area contributed by atoms with E-state index in [-0.39, 0.29) is 6.04 Å². The van der Waals surface area contributed by atoms with Crippen molar-refractivity contribution >= 4 is 15.7 Å². The van der Waals surface area contributed by atoms with Gasteiger partial charge in [-0.2, -0.15) is 4.31 Å². The average Bonchev–Trinajstić information content (AvgIpc) is 2.40. The van der Waals surface area contributed by atoms with Gasteiger partial charge in [-0.15, -0.1) is 0 Å². The zero-order chi connectivity index (χ0) is 14.9. The SMILES string of the molecule is Cc1ccc(S(=O)(=O)N(C)C2CCCC(C)C2)cc1N. The van der Waals surface area contributed by atoms with Crippen LogP contribution in [0.3, 0.4) is 0 Å². The van der Waals surface area contributed by atoms with Crippen LogP contribution in [0.1, 0.15) is 38.2 Å². The molecule has 2 unspecified atom stereocenters. The Morgan fingerprint density at radius 3 is 2.60 bits per heavy atom. The first-order valence-corrected chi connectivity index (χ1v) is 8.60. The Labute approximate surface area is 122 Å². The van der Waals surface area contributed by atoms with Crippen LogP contribution >= 0.6 is 0 Å². The molecule has 20 heavy (non-hydrogen) atoms. The standard InChI is InChI=1S/C15H24N2O2S/c1-11-5-4-6-13(9-11)17(3)20(18,19)14-8-7-12(2)15(16)10-14/h7-8,10-11,13H,4-6,9,16H2,1-3H3. The van der Waals surface area contributed by atoms with E-state index in [1.807, 2.05) is 6.92 Å². The molecule has 0 amide bonds. The summed E-state index contributed by atoms with van der Waals surface area (Å²) in [5.41, 5.74) is 7.26. The van der Waals surface area contributed by atoms with E-state index < -0.39 is 10.0 Å². The maximum absolute atomic E-state index is 12.7. The van der Waals surface area contributed by atoms with E-state index in [1.165, 1.54) is 10.7 Å². The van der Waals surface area contributed by atoms with Gasteiger partial charge in [0.15, 0.2) is 0 Å². The molecule has 1 aliphatic rings. The number of sulfonamides is 1. The lowest BCUT2D eigenvalue weighted by Crippen LogP contribution is -2.39. The fraction of sp³-hybridized carbons (Fsp3) is 0.600. The Bertz CT molecular complexity index is 584. The van der Waals surface area contributed by atoms with Crippen LogP contribution in [0.5, 0.6) is 0 Å². The lowest BCUT2D eigenvalue weighted by Gasteiger charge is -2.33. The van der Waals surface area contributed by atoms with Crippen molar-refractivity contribution in [3.05, 3.63) is 23.8 Å². The fourth-order valence-electron chi connectivity index (χ4n) is 2.87. The smallest absolute Gasteiger partial charge is 0.243 e. The van der Waals surface area contributed by atoms with Gasteiger partial charge in [0.25, 0.3) is 0 Å². The normalized spacial score (nSPS) is 24.0. The van der Waals surface area contributed by atoms with Crippen molar-refractivity contribution in [1.29, 1.82) is 0 Å². The Morgan fingerprint density at radius 1 is 1.30 bits per heavy atom. The van der Waals surface area contributed by atoms with Gasteiger partial charge in [-0.3, -0.25) is 0 Å². The molecule has 0 spiro atoms. The molecule has 1 fully saturated rings. The van der Waals surface area contributed by atoms with Gasteiger partial charge in [0, 0.05) is 18.8 Å². The molecule has 1 aliphatic carbocycles. The first-order chi connectivity index (χ1) is 9.32. The number of hydrogen-bond donors (Lipinski definition) is 1. The number of nitrogen functional groups attached to an aromatic ring is 1. The number of anilines is 1. The van der Waals surface area contributed by atoms with Gasteiger partial charge in [0.2, 0.25) is 10.0 Å². The number of hydrogen-bond acceptors (Lipinski definition) is 3. The molecule has 0 aliphatic heterocycles. The molecule has 2 N–H and O–H groups in total. The minimum atomic E-state index is -3.45.